The number of aldehydes is 2. The van der Waals surface area contributed by atoms with Gasteiger partial charge in [0.25, 0.3) is 0 Å². The van der Waals surface area contributed by atoms with Crippen LogP contribution in [0.1, 0.15) is 41.5 Å². The zero-order valence-electron chi connectivity index (χ0n) is 13.7. The van der Waals surface area contributed by atoms with Gasteiger partial charge < -0.3 is 14.5 Å². The molecule has 0 amide bonds. The van der Waals surface area contributed by atoms with Gasteiger partial charge in [-0.05, 0) is 10.8 Å². The Labute approximate surface area is 126 Å². The fraction of sp³-hybridized carbons (Fsp3) is 0.857. The van der Waals surface area contributed by atoms with Gasteiger partial charge in [-0.2, -0.15) is 0 Å². The van der Waals surface area contributed by atoms with Gasteiger partial charge in [-0.3, -0.25) is 9.05 Å². The predicted molar refractivity (Wildman–Crippen MR) is 79.7 cm³/mol. The van der Waals surface area contributed by atoms with Crippen LogP contribution in [0.15, 0.2) is 0 Å². The Balaban J connectivity index is 4.55. The van der Waals surface area contributed by atoms with Crippen LogP contribution in [0.3, 0.4) is 0 Å². The number of hydrogen-bond acceptors (Lipinski definition) is 5. The monoisotopic (exact) mass is 322 g/mol. The summed E-state index contributed by atoms with van der Waals surface area (Å²) in [6.45, 7) is 10.3. The summed E-state index contributed by atoms with van der Waals surface area (Å²) in [6.07, 6.45) is 1.56. The molecule has 1 N–H and O–H groups in total. The van der Waals surface area contributed by atoms with E-state index in [1.54, 1.807) is 41.5 Å². The highest BCUT2D eigenvalue weighted by atomic mass is 31.2. The van der Waals surface area contributed by atoms with Crippen molar-refractivity contribution in [2.75, 3.05) is 13.2 Å². The second kappa shape index (κ2) is 7.63. The number of carbonyl (C=O) groups is 2. The minimum atomic E-state index is -4.22. The molecule has 21 heavy (non-hydrogen) atoms. The van der Waals surface area contributed by atoms with Gasteiger partial charge in [-0.15, -0.1) is 0 Å². The van der Waals surface area contributed by atoms with E-state index in [0.717, 1.165) is 12.6 Å². The lowest BCUT2D eigenvalue weighted by molar-refractivity contribution is -0.114. The number of rotatable bonds is 10. The molecule has 0 radical (unpaired) electrons. The van der Waals surface area contributed by atoms with E-state index in [1.165, 1.54) is 0 Å². The zero-order chi connectivity index (χ0) is 16.9. The molecule has 6 nitrogen and oxygen atoms in total. The molecular weight excluding hydrogens is 295 g/mol. The van der Waals surface area contributed by atoms with Crippen molar-refractivity contribution in [3.8, 4) is 0 Å². The molecule has 0 bridgehead atoms. The Kier molecular flexibility index (Phi) is 7.43. The van der Waals surface area contributed by atoms with E-state index in [9.17, 15) is 19.0 Å². The summed E-state index contributed by atoms with van der Waals surface area (Å²) in [5, 5.41) is 0. The molecule has 0 aliphatic heterocycles. The van der Waals surface area contributed by atoms with Gasteiger partial charge in [0.15, 0.2) is 0 Å². The molecule has 0 aromatic rings. The van der Waals surface area contributed by atoms with Crippen LogP contribution >= 0.6 is 7.82 Å². The highest BCUT2D eigenvalue weighted by Crippen LogP contribution is 2.47. The zero-order valence-corrected chi connectivity index (χ0v) is 14.6. The lowest BCUT2D eigenvalue weighted by atomic mass is 9.82. The van der Waals surface area contributed by atoms with E-state index in [4.69, 9.17) is 9.05 Å². The summed E-state index contributed by atoms with van der Waals surface area (Å²) < 4.78 is 21.8. The minimum absolute atomic E-state index is 0.0790. The van der Waals surface area contributed by atoms with Gasteiger partial charge in [0.05, 0.1) is 13.2 Å². The smallest absolute Gasteiger partial charge is 0.303 e. The number of phosphoric ester groups is 1. The van der Waals surface area contributed by atoms with Gasteiger partial charge in [0.2, 0.25) is 0 Å². The maximum atomic E-state index is 11.9. The van der Waals surface area contributed by atoms with Crippen molar-refractivity contribution in [1.29, 1.82) is 0 Å². The van der Waals surface area contributed by atoms with Gasteiger partial charge in [0.1, 0.15) is 12.6 Å². The van der Waals surface area contributed by atoms with Crippen molar-refractivity contribution < 1.29 is 28.1 Å². The first kappa shape index (κ1) is 20.5. The normalized spacial score (nSPS) is 18.6. The summed E-state index contributed by atoms with van der Waals surface area (Å²) in [5.74, 6) is -0.631. The molecule has 0 saturated heterocycles. The molecule has 124 valence electrons. The van der Waals surface area contributed by atoms with E-state index in [1.807, 2.05) is 0 Å². The largest absolute Gasteiger partial charge is 0.472 e. The second-order valence-electron chi connectivity index (χ2n) is 6.84. The first-order valence-corrected chi connectivity index (χ1v) is 8.40. The van der Waals surface area contributed by atoms with Crippen LogP contribution in [0.2, 0.25) is 0 Å². The summed E-state index contributed by atoms with van der Waals surface area (Å²) in [4.78, 5) is 31.3. The van der Waals surface area contributed by atoms with Crippen LogP contribution in [0, 0.1) is 22.7 Å². The van der Waals surface area contributed by atoms with Gasteiger partial charge in [-0.1, -0.05) is 41.5 Å². The standard InChI is InChI=1S/C14H27O6P/c1-11(7-15)13(3,4)9-19-21(17,18)20-10-14(5,6)12(2)8-16/h7-8,11-12H,9-10H2,1-6H3,(H,17,18). The van der Waals surface area contributed by atoms with Crippen LogP contribution < -0.4 is 0 Å². The third-order valence-corrected chi connectivity index (χ3v) is 4.98. The average molecular weight is 322 g/mol. The highest BCUT2D eigenvalue weighted by Gasteiger charge is 2.34. The van der Waals surface area contributed by atoms with Crippen molar-refractivity contribution in [1.82, 2.24) is 0 Å². The Morgan fingerprint density at radius 1 is 0.952 bits per heavy atom. The third-order valence-electron chi connectivity index (χ3n) is 4.07. The summed E-state index contributed by atoms with van der Waals surface area (Å²) >= 11 is 0. The SMILES string of the molecule is CC(C=O)C(C)(C)COP(=O)(O)OCC(C)(C)C(C)C=O. The molecule has 0 fully saturated rings. The van der Waals surface area contributed by atoms with E-state index >= 15 is 0 Å². The van der Waals surface area contributed by atoms with Crippen molar-refractivity contribution >= 4 is 20.4 Å². The molecular formula is C14H27O6P. The second-order valence-corrected chi connectivity index (χ2v) is 8.30. The quantitative estimate of drug-likeness (QED) is 0.491. The number of hydrogen-bond donors (Lipinski definition) is 1. The molecule has 0 heterocycles. The van der Waals surface area contributed by atoms with Gasteiger partial charge in [-0.25, -0.2) is 4.57 Å². The molecule has 0 aliphatic rings. The van der Waals surface area contributed by atoms with E-state index in [2.05, 4.69) is 0 Å². The topological polar surface area (TPSA) is 89.9 Å². The van der Waals surface area contributed by atoms with Crippen LogP contribution in [-0.4, -0.2) is 30.7 Å². The molecule has 0 aromatic heterocycles. The van der Waals surface area contributed by atoms with Gasteiger partial charge in [0, 0.05) is 11.8 Å². The minimum Gasteiger partial charge on any atom is -0.303 e. The molecule has 7 heteroatoms. The lowest BCUT2D eigenvalue weighted by Gasteiger charge is -2.30. The van der Waals surface area contributed by atoms with Crippen molar-refractivity contribution in [2.24, 2.45) is 22.7 Å². The fourth-order valence-electron chi connectivity index (χ4n) is 1.16. The van der Waals surface area contributed by atoms with E-state index in [0.29, 0.717) is 0 Å². The summed E-state index contributed by atoms with van der Waals surface area (Å²) in [5.41, 5.74) is -1.15. The summed E-state index contributed by atoms with van der Waals surface area (Å²) in [7, 11) is -4.22. The number of carbonyl (C=O) groups excluding carboxylic acids is 2. The van der Waals surface area contributed by atoms with Crippen LogP contribution in [-0.2, 0) is 23.2 Å². The first-order valence-electron chi connectivity index (χ1n) is 6.90. The Hall–Kier alpha value is -0.550. The van der Waals surface area contributed by atoms with Crippen molar-refractivity contribution in [3.63, 3.8) is 0 Å². The lowest BCUT2D eigenvalue weighted by Crippen LogP contribution is -2.30. The highest BCUT2D eigenvalue weighted by molar-refractivity contribution is 7.47. The van der Waals surface area contributed by atoms with Crippen molar-refractivity contribution in [3.05, 3.63) is 0 Å². The molecule has 2 unspecified atom stereocenters. The average Bonchev–Trinajstić information content (AvgIpc) is 2.41. The Morgan fingerprint density at radius 2 is 1.24 bits per heavy atom. The first-order chi connectivity index (χ1) is 9.38. The molecule has 0 spiro atoms. The number of phosphoric acid groups is 1. The predicted octanol–water partition coefficient (Wildman–Crippen LogP) is 2.84. The molecule has 2 atom stereocenters. The molecule has 0 aromatic carbocycles. The third kappa shape index (κ3) is 6.83. The van der Waals surface area contributed by atoms with Crippen LogP contribution in [0.25, 0.3) is 0 Å². The van der Waals surface area contributed by atoms with Crippen molar-refractivity contribution in [2.45, 2.75) is 41.5 Å². The maximum absolute atomic E-state index is 11.9. The van der Waals surface area contributed by atoms with Crippen LogP contribution in [0.4, 0.5) is 0 Å². The molecule has 0 saturated carbocycles. The van der Waals surface area contributed by atoms with E-state index in [-0.39, 0.29) is 25.0 Å². The Bertz CT molecular complexity index is 370. The van der Waals surface area contributed by atoms with Gasteiger partial charge >= 0.3 is 7.82 Å². The maximum Gasteiger partial charge on any atom is 0.472 e. The summed E-state index contributed by atoms with van der Waals surface area (Å²) in [6, 6.07) is 0. The fourth-order valence-corrected chi connectivity index (χ4v) is 2.23. The molecule has 0 rings (SSSR count). The van der Waals surface area contributed by atoms with Crippen LogP contribution in [0.5, 0.6) is 0 Å². The molecule has 0 aliphatic carbocycles. The van der Waals surface area contributed by atoms with E-state index < -0.39 is 18.7 Å². The Morgan fingerprint density at radius 3 is 1.48 bits per heavy atom.